The van der Waals surface area contributed by atoms with E-state index in [1.807, 2.05) is 104 Å². The van der Waals surface area contributed by atoms with Gasteiger partial charge in [-0.25, -0.2) is 9.48 Å². The number of hydrogen-bond donors (Lipinski definition) is 0. The summed E-state index contributed by atoms with van der Waals surface area (Å²) in [5.74, 6) is 0. The van der Waals surface area contributed by atoms with Gasteiger partial charge in [-0.3, -0.25) is 0 Å². The fourth-order valence-electron chi connectivity index (χ4n) is 4.26. The molecule has 5 rings (SSSR count). The molecule has 2 heterocycles. The van der Waals surface area contributed by atoms with Crippen molar-refractivity contribution in [2.45, 2.75) is 20.8 Å². The molecule has 0 fully saturated rings. The lowest BCUT2D eigenvalue weighted by molar-refractivity contribution is 0.563. The standard InChI is InChI=1S/C27H22N2O2/c1-17-14-15-22-23(16-17)31-27(30)26(25(22)20-10-6-4-7-11-20)24-18(2)28-29(19(24)3)21-12-8-5-9-13-21/h4-16H,1-3H3. The molecule has 0 bridgehead atoms. The molecule has 2 aromatic heterocycles. The van der Waals surface area contributed by atoms with Gasteiger partial charge >= 0.3 is 5.63 Å². The second kappa shape index (κ2) is 7.40. The van der Waals surface area contributed by atoms with Crippen LogP contribution in [0.2, 0.25) is 0 Å². The molecule has 0 aliphatic carbocycles. The lowest BCUT2D eigenvalue weighted by atomic mass is 9.92. The van der Waals surface area contributed by atoms with Crippen molar-refractivity contribution < 1.29 is 4.42 Å². The van der Waals surface area contributed by atoms with Crippen LogP contribution in [0.1, 0.15) is 17.0 Å². The molecule has 4 heteroatoms. The molecule has 0 saturated carbocycles. The summed E-state index contributed by atoms with van der Waals surface area (Å²) >= 11 is 0. The molecule has 4 nitrogen and oxygen atoms in total. The van der Waals surface area contributed by atoms with E-state index in [-0.39, 0.29) is 5.63 Å². The molecule has 31 heavy (non-hydrogen) atoms. The summed E-state index contributed by atoms with van der Waals surface area (Å²) in [4.78, 5) is 13.4. The number of rotatable bonds is 3. The summed E-state index contributed by atoms with van der Waals surface area (Å²) in [6.07, 6.45) is 0. The maximum atomic E-state index is 13.4. The first kappa shape index (κ1) is 19.1. The van der Waals surface area contributed by atoms with Crippen LogP contribution in [-0.2, 0) is 0 Å². The van der Waals surface area contributed by atoms with Crippen LogP contribution >= 0.6 is 0 Å². The van der Waals surface area contributed by atoms with Crippen molar-refractivity contribution >= 4 is 11.0 Å². The molecular weight excluding hydrogens is 384 g/mol. The van der Waals surface area contributed by atoms with Crippen LogP contribution in [0.3, 0.4) is 0 Å². The van der Waals surface area contributed by atoms with Crippen LogP contribution in [0, 0.1) is 20.8 Å². The predicted molar refractivity (Wildman–Crippen MR) is 125 cm³/mol. The van der Waals surface area contributed by atoms with Crippen molar-refractivity contribution in [1.82, 2.24) is 9.78 Å². The predicted octanol–water partition coefficient (Wildman–Crippen LogP) is 6.24. The Hall–Kier alpha value is -3.92. The highest BCUT2D eigenvalue weighted by molar-refractivity contribution is 6.01. The summed E-state index contributed by atoms with van der Waals surface area (Å²) in [5, 5.41) is 5.68. The molecule has 0 unspecified atom stereocenters. The highest BCUT2D eigenvalue weighted by Crippen LogP contribution is 2.38. The zero-order valence-corrected chi connectivity index (χ0v) is 17.7. The van der Waals surface area contributed by atoms with Gasteiger partial charge in [0.15, 0.2) is 0 Å². The Morgan fingerprint density at radius 1 is 0.774 bits per heavy atom. The number of benzene rings is 3. The van der Waals surface area contributed by atoms with E-state index in [9.17, 15) is 4.79 Å². The van der Waals surface area contributed by atoms with E-state index in [1.54, 1.807) is 0 Å². The molecule has 0 aliphatic rings. The van der Waals surface area contributed by atoms with Crippen molar-refractivity contribution in [2.75, 3.05) is 0 Å². The van der Waals surface area contributed by atoms with Crippen LogP contribution in [0.5, 0.6) is 0 Å². The van der Waals surface area contributed by atoms with E-state index in [4.69, 9.17) is 9.52 Å². The highest BCUT2D eigenvalue weighted by Gasteiger charge is 2.24. The Labute approximate surface area is 180 Å². The molecule has 152 valence electrons. The molecule has 0 spiro atoms. The molecule has 0 N–H and O–H groups in total. The third-order valence-corrected chi connectivity index (χ3v) is 5.67. The van der Waals surface area contributed by atoms with Gasteiger partial charge in [0.25, 0.3) is 0 Å². The minimum atomic E-state index is -0.351. The van der Waals surface area contributed by atoms with Gasteiger partial charge in [-0.2, -0.15) is 5.10 Å². The largest absolute Gasteiger partial charge is 0.422 e. The Bertz CT molecular complexity index is 1460. The van der Waals surface area contributed by atoms with Crippen molar-refractivity contribution in [1.29, 1.82) is 0 Å². The van der Waals surface area contributed by atoms with Crippen LogP contribution in [0.15, 0.2) is 88.1 Å². The second-order valence-corrected chi connectivity index (χ2v) is 7.80. The van der Waals surface area contributed by atoms with E-state index < -0.39 is 0 Å². The van der Waals surface area contributed by atoms with E-state index in [1.165, 1.54) is 0 Å². The zero-order valence-electron chi connectivity index (χ0n) is 17.7. The minimum absolute atomic E-state index is 0.351. The van der Waals surface area contributed by atoms with Crippen LogP contribution in [-0.4, -0.2) is 9.78 Å². The Balaban J connectivity index is 1.89. The normalized spacial score (nSPS) is 11.2. The average molecular weight is 406 g/mol. The van der Waals surface area contributed by atoms with E-state index >= 15 is 0 Å². The summed E-state index contributed by atoms with van der Waals surface area (Å²) in [7, 11) is 0. The van der Waals surface area contributed by atoms with Gasteiger partial charge in [-0.05, 0) is 50.1 Å². The number of hydrogen-bond acceptors (Lipinski definition) is 3. The first-order chi connectivity index (χ1) is 15.0. The van der Waals surface area contributed by atoms with Crippen molar-refractivity contribution in [2.24, 2.45) is 0 Å². The first-order valence-corrected chi connectivity index (χ1v) is 10.3. The molecular formula is C27H22N2O2. The van der Waals surface area contributed by atoms with Gasteiger partial charge in [0, 0.05) is 22.2 Å². The highest BCUT2D eigenvalue weighted by atomic mass is 16.4. The first-order valence-electron chi connectivity index (χ1n) is 10.3. The Morgan fingerprint density at radius 3 is 2.16 bits per heavy atom. The number of aromatic nitrogens is 2. The molecule has 3 aromatic carbocycles. The van der Waals surface area contributed by atoms with Crippen LogP contribution in [0.25, 0.3) is 38.9 Å². The molecule has 0 atom stereocenters. The molecule has 5 aromatic rings. The zero-order chi connectivity index (χ0) is 21.5. The minimum Gasteiger partial charge on any atom is -0.422 e. The maximum absolute atomic E-state index is 13.4. The summed E-state index contributed by atoms with van der Waals surface area (Å²) in [6, 6.07) is 26.0. The SMILES string of the molecule is Cc1ccc2c(-c3ccccc3)c(-c3c(C)nn(-c4ccccc4)c3C)c(=O)oc2c1. The van der Waals surface area contributed by atoms with E-state index in [2.05, 4.69) is 0 Å². The van der Waals surface area contributed by atoms with E-state index in [0.717, 1.165) is 44.7 Å². The number of nitrogens with zero attached hydrogens (tertiary/aromatic N) is 2. The topological polar surface area (TPSA) is 48.0 Å². The molecule has 0 saturated heterocycles. The second-order valence-electron chi connectivity index (χ2n) is 7.80. The third kappa shape index (κ3) is 3.17. The molecule has 0 amide bonds. The Morgan fingerprint density at radius 2 is 1.45 bits per heavy atom. The number of fused-ring (bicyclic) bond motifs is 1. The smallest absolute Gasteiger partial charge is 0.344 e. The van der Waals surface area contributed by atoms with Crippen LogP contribution in [0.4, 0.5) is 0 Å². The van der Waals surface area contributed by atoms with Crippen LogP contribution < -0.4 is 5.63 Å². The quantitative estimate of drug-likeness (QED) is 0.333. The fourth-order valence-corrected chi connectivity index (χ4v) is 4.26. The van der Waals surface area contributed by atoms with Gasteiger partial charge in [0.05, 0.1) is 16.9 Å². The lowest BCUT2D eigenvalue weighted by Crippen LogP contribution is -2.08. The fraction of sp³-hybridized carbons (Fsp3) is 0.111. The number of aryl methyl sites for hydroxylation is 2. The van der Waals surface area contributed by atoms with E-state index in [0.29, 0.717) is 11.1 Å². The van der Waals surface area contributed by atoms with Gasteiger partial charge in [0.2, 0.25) is 0 Å². The summed E-state index contributed by atoms with van der Waals surface area (Å²) in [6.45, 7) is 5.93. The number of para-hydroxylation sites is 1. The van der Waals surface area contributed by atoms with Crippen molar-refractivity contribution in [3.05, 3.63) is 106 Å². The van der Waals surface area contributed by atoms with Gasteiger partial charge in [-0.1, -0.05) is 60.7 Å². The summed E-state index contributed by atoms with van der Waals surface area (Å²) in [5.41, 5.74) is 7.17. The van der Waals surface area contributed by atoms with Crippen molar-refractivity contribution in [3.63, 3.8) is 0 Å². The average Bonchev–Trinajstić information content (AvgIpc) is 3.07. The lowest BCUT2D eigenvalue weighted by Gasteiger charge is -2.13. The maximum Gasteiger partial charge on any atom is 0.344 e. The Kier molecular flexibility index (Phi) is 4.55. The monoisotopic (exact) mass is 406 g/mol. The third-order valence-electron chi connectivity index (χ3n) is 5.67. The van der Waals surface area contributed by atoms with Crippen molar-refractivity contribution in [3.8, 4) is 27.9 Å². The summed E-state index contributed by atoms with van der Waals surface area (Å²) < 4.78 is 7.71. The molecule has 0 aliphatic heterocycles. The van der Waals surface area contributed by atoms with Gasteiger partial charge in [0.1, 0.15) is 5.58 Å². The van der Waals surface area contributed by atoms with Gasteiger partial charge in [-0.15, -0.1) is 0 Å². The van der Waals surface area contributed by atoms with Gasteiger partial charge < -0.3 is 4.42 Å². The molecule has 0 radical (unpaired) electrons.